The Kier molecular flexibility index (Phi) is 1.71. The Morgan fingerprint density at radius 3 is 2.67 bits per heavy atom. The summed E-state index contributed by atoms with van der Waals surface area (Å²) in [6.07, 6.45) is 6.26. The van der Waals surface area contributed by atoms with Crippen LogP contribution < -0.4 is 0 Å². The van der Waals surface area contributed by atoms with Crippen LogP contribution in [0.5, 0.6) is 0 Å². The molecule has 0 aliphatic rings. The van der Waals surface area contributed by atoms with Crippen LogP contribution in [0.25, 0.3) is 5.82 Å². The molecule has 0 spiro atoms. The van der Waals surface area contributed by atoms with Crippen LogP contribution in [0.1, 0.15) is 0 Å². The Morgan fingerprint density at radius 1 is 1.17 bits per heavy atom. The molecule has 0 N–H and O–H groups in total. The monoisotopic (exact) mass is 181 g/mol. The highest BCUT2D eigenvalue weighted by molar-refractivity contribution is 6.30. The van der Waals surface area contributed by atoms with E-state index >= 15 is 0 Å². The molecule has 6 heteroatoms. The van der Waals surface area contributed by atoms with Gasteiger partial charge in [0.1, 0.15) is 0 Å². The van der Waals surface area contributed by atoms with E-state index < -0.39 is 0 Å². The first kappa shape index (κ1) is 7.17. The molecule has 5 nitrogen and oxygen atoms in total. The molecule has 0 radical (unpaired) electrons. The average molecular weight is 182 g/mol. The minimum Gasteiger partial charge on any atom is -0.239 e. The Bertz CT molecular complexity index is 371. The summed E-state index contributed by atoms with van der Waals surface area (Å²) < 4.78 is 1.45. The molecule has 2 aromatic rings. The number of halogens is 1. The molecule has 0 unspecified atom stereocenters. The lowest BCUT2D eigenvalue weighted by Gasteiger charge is -1.98. The molecular formula is C6H4ClN5. The lowest BCUT2D eigenvalue weighted by atomic mass is 10.6. The Balaban J connectivity index is 2.55. The normalized spacial score (nSPS) is 10.1. The highest BCUT2D eigenvalue weighted by atomic mass is 35.5. The summed E-state index contributed by atoms with van der Waals surface area (Å²) in [7, 11) is 0. The predicted molar refractivity (Wildman–Crippen MR) is 42.0 cm³/mol. The van der Waals surface area contributed by atoms with Gasteiger partial charge in [-0.2, -0.15) is 4.68 Å². The smallest absolute Gasteiger partial charge is 0.192 e. The summed E-state index contributed by atoms with van der Waals surface area (Å²) in [4.78, 5) is 7.84. The van der Waals surface area contributed by atoms with Crippen LogP contribution in [0.2, 0.25) is 5.15 Å². The van der Waals surface area contributed by atoms with Crippen LogP contribution in [0.3, 0.4) is 0 Å². The van der Waals surface area contributed by atoms with Gasteiger partial charge in [-0.25, -0.2) is 9.97 Å². The van der Waals surface area contributed by atoms with Crippen LogP contribution in [-0.4, -0.2) is 25.0 Å². The Morgan fingerprint density at radius 2 is 2.00 bits per heavy atom. The SMILES string of the molecule is Clc1nccnc1-n1ccnn1. The minimum atomic E-state index is 0.308. The zero-order valence-electron chi connectivity index (χ0n) is 5.92. The van der Waals surface area contributed by atoms with Crippen molar-refractivity contribution in [3.63, 3.8) is 0 Å². The van der Waals surface area contributed by atoms with E-state index in [2.05, 4.69) is 20.3 Å². The number of hydrogen-bond donors (Lipinski definition) is 0. The van der Waals surface area contributed by atoms with Crippen LogP contribution in [0, 0.1) is 0 Å². The third-order valence-electron chi connectivity index (χ3n) is 1.28. The van der Waals surface area contributed by atoms with Crippen molar-refractivity contribution >= 4 is 11.6 Å². The van der Waals surface area contributed by atoms with Crippen molar-refractivity contribution in [2.24, 2.45) is 0 Å². The van der Waals surface area contributed by atoms with Crippen molar-refractivity contribution in [2.75, 3.05) is 0 Å². The standard InChI is InChI=1S/C6H4ClN5/c7-5-6(9-2-1-8-5)12-4-3-10-11-12/h1-4H. The lowest BCUT2D eigenvalue weighted by Crippen LogP contribution is -2.00. The van der Waals surface area contributed by atoms with E-state index in [1.54, 1.807) is 18.6 Å². The lowest BCUT2D eigenvalue weighted by molar-refractivity contribution is 0.776. The molecule has 60 valence electrons. The topological polar surface area (TPSA) is 56.5 Å². The van der Waals surface area contributed by atoms with Crippen molar-refractivity contribution in [3.05, 3.63) is 29.9 Å². The maximum absolute atomic E-state index is 5.75. The predicted octanol–water partition coefficient (Wildman–Crippen LogP) is 0.711. The van der Waals surface area contributed by atoms with Crippen molar-refractivity contribution in [2.45, 2.75) is 0 Å². The Hall–Kier alpha value is -1.49. The van der Waals surface area contributed by atoms with E-state index in [0.29, 0.717) is 11.0 Å². The van der Waals surface area contributed by atoms with Gasteiger partial charge in [-0.05, 0) is 0 Å². The number of rotatable bonds is 1. The molecule has 0 fully saturated rings. The van der Waals surface area contributed by atoms with Crippen LogP contribution in [0.4, 0.5) is 0 Å². The maximum atomic E-state index is 5.75. The van der Waals surface area contributed by atoms with Crippen molar-refractivity contribution in [1.29, 1.82) is 0 Å². The van der Waals surface area contributed by atoms with Crippen molar-refractivity contribution in [3.8, 4) is 5.82 Å². The number of hydrogen-bond acceptors (Lipinski definition) is 4. The number of aromatic nitrogens is 5. The summed E-state index contributed by atoms with van der Waals surface area (Å²) in [5.74, 6) is 0.483. The van der Waals surface area contributed by atoms with Gasteiger partial charge in [0.25, 0.3) is 0 Å². The third kappa shape index (κ3) is 1.14. The van der Waals surface area contributed by atoms with Gasteiger partial charge < -0.3 is 0 Å². The van der Waals surface area contributed by atoms with Crippen LogP contribution >= 0.6 is 11.6 Å². The van der Waals surface area contributed by atoms with Crippen LogP contribution in [0.15, 0.2) is 24.8 Å². The second-order valence-corrected chi connectivity index (χ2v) is 2.38. The third-order valence-corrected chi connectivity index (χ3v) is 1.54. The first-order chi connectivity index (χ1) is 5.88. The number of nitrogens with zero attached hydrogens (tertiary/aromatic N) is 5. The van der Waals surface area contributed by atoms with Gasteiger partial charge in [0, 0.05) is 12.4 Å². The van der Waals surface area contributed by atoms with Gasteiger partial charge in [0.2, 0.25) is 0 Å². The second-order valence-electron chi connectivity index (χ2n) is 2.02. The molecular weight excluding hydrogens is 178 g/mol. The summed E-state index contributed by atoms with van der Waals surface area (Å²) in [5.41, 5.74) is 0. The van der Waals surface area contributed by atoms with Gasteiger partial charge in [0.05, 0.1) is 12.4 Å². The van der Waals surface area contributed by atoms with Crippen LogP contribution in [-0.2, 0) is 0 Å². The average Bonchev–Trinajstić information content (AvgIpc) is 2.57. The molecule has 0 atom stereocenters. The summed E-state index contributed by atoms with van der Waals surface area (Å²) in [5, 5.41) is 7.66. The molecule has 0 aromatic carbocycles. The minimum absolute atomic E-state index is 0.308. The van der Waals surface area contributed by atoms with Gasteiger partial charge >= 0.3 is 0 Å². The van der Waals surface area contributed by atoms with E-state index in [0.717, 1.165) is 0 Å². The van der Waals surface area contributed by atoms with E-state index in [1.807, 2.05) is 0 Å². The van der Waals surface area contributed by atoms with E-state index in [-0.39, 0.29) is 0 Å². The molecule has 2 aromatic heterocycles. The largest absolute Gasteiger partial charge is 0.239 e. The summed E-state index contributed by atoms with van der Waals surface area (Å²) in [6, 6.07) is 0. The fourth-order valence-electron chi connectivity index (χ4n) is 0.789. The van der Waals surface area contributed by atoms with Crippen molar-refractivity contribution in [1.82, 2.24) is 25.0 Å². The molecule has 0 aliphatic carbocycles. The fraction of sp³-hybridized carbons (Fsp3) is 0. The highest BCUT2D eigenvalue weighted by Crippen LogP contribution is 2.11. The first-order valence-corrected chi connectivity index (χ1v) is 3.59. The molecule has 0 bridgehead atoms. The molecule has 2 rings (SSSR count). The quantitative estimate of drug-likeness (QED) is 0.650. The molecule has 0 saturated carbocycles. The van der Waals surface area contributed by atoms with Gasteiger partial charge in [-0.15, -0.1) is 5.10 Å². The molecule has 0 amide bonds. The summed E-state index contributed by atoms with van der Waals surface area (Å²) in [6.45, 7) is 0. The molecule has 2 heterocycles. The fourth-order valence-corrected chi connectivity index (χ4v) is 0.980. The first-order valence-electron chi connectivity index (χ1n) is 3.21. The zero-order valence-corrected chi connectivity index (χ0v) is 6.68. The molecule has 0 aliphatic heterocycles. The molecule has 12 heavy (non-hydrogen) atoms. The summed E-state index contributed by atoms with van der Waals surface area (Å²) >= 11 is 5.75. The van der Waals surface area contributed by atoms with Gasteiger partial charge in [0.15, 0.2) is 11.0 Å². The van der Waals surface area contributed by atoms with Gasteiger partial charge in [-0.1, -0.05) is 16.8 Å². The Labute approximate surface area is 73.0 Å². The highest BCUT2D eigenvalue weighted by Gasteiger charge is 2.03. The van der Waals surface area contributed by atoms with Gasteiger partial charge in [-0.3, -0.25) is 0 Å². The van der Waals surface area contributed by atoms with E-state index in [1.165, 1.54) is 10.9 Å². The van der Waals surface area contributed by atoms with E-state index in [9.17, 15) is 0 Å². The van der Waals surface area contributed by atoms with E-state index in [4.69, 9.17) is 11.6 Å². The van der Waals surface area contributed by atoms with Crippen molar-refractivity contribution < 1.29 is 0 Å². The maximum Gasteiger partial charge on any atom is 0.192 e. The zero-order chi connectivity index (χ0) is 8.39. The second kappa shape index (κ2) is 2.86. The molecule has 0 saturated heterocycles.